The lowest BCUT2D eigenvalue weighted by atomic mass is 9.94. The summed E-state index contributed by atoms with van der Waals surface area (Å²) in [5, 5.41) is 3.45. The van der Waals surface area contributed by atoms with E-state index in [2.05, 4.69) is 17.3 Å². The van der Waals surface area contributed by atoms with Crippen molar-refractivity contribution >= 4 is 5.78 Å². The van der Waals surface area contributed by atoms with E-state index in [4.69, 9.17) is 0 Å². The Morgan fingerprint density at radius 3 is 3.00 bits per heavy atom. The molecule has 0 saturated carbocycles. The van der Waals surface area contributed by atoms with E-state index in [0.717, 1.165) is 25.3 Å². The van der Waals surface area contributed by atoms with Crippen LogP contribution in [0.3, 0.4) is 0 Å². The molecule has 1 unspecified atom stereocenters. The van der Waals surface area contributed by atoms with Crippen molar-refractivity contribution in [2.45, 2.75) is 38.1 Å². The zero-order valence-electron chi connectivity index (χ0n) is 9.67. The van der Waals surface area contributed by atoms with Crippen LogP contribution in [0.1, 0.15) is 32.1 Å². The van der Waals surface area contributed by atoms with E-state index >= 15 is 0 Å². The largest absolute Gasteiger partial charge is 0.313 e. The molecule has 2 heterocycles. The molecule has 1 N–H and O–H groups in total. The third-order valence-corrected chi connectivity index (χ3v) is 3.72. The smallest absolute Gasteiger partial charge is 0.135 e. The number of nitrogens with one attached hydrogen (secondary N) is 1. The zero-order valence-corrected chi connectivity index (χ0v) is 9.67. The molecule has 0 aliphatic carbocycles. The van der Waals surface area contributed by atoms with Crippen molar-refractivity contribution in [2.24, 2.45) is 5.92 Å². The molecule has 0 aromatic rings. The summed E-state index contributed by atoms with van der Waals surface area (Å²) in [6.45, 7) is 3.40. The van der Waals surface area contributed by atoms with Gasteiger partial charge < -0.3 is 10.2 Å². The Hall–Kier alpha value is -0.410. The highest BCUT2D eigenvalue weighted by atomic mass is 16.1. The molecule has 3 nitrogen and oxygen atoms in total. The number of carbonyl (C=O) groups excluding carboxylic acids is 1. The van der Waals surface area contributed by atoms with E-state index in [9.17, 15) is 4.79 Å². The van der Waals surface area contributed by atoms with Crippen LogP contribution in [0.4, 0.5) is 0 Å². The Morgan fingerprint density at radius 1 is 1.47 bits per heavy atom. The molecule has 2 saturated heterocycles. The minimum atomic E-state index is 0.447. The number of rotatable bonds is 3. The molecule has 0 bridgehead atoms. The van der Waals surface area contributed by atoms with Gasteiger partial charge in [-0.3, -0.25) is 4.79 Å². The number of piperidine rings is 1. The molecule has 0 aromatic carbocycles. The highest BCUT2D eigenvalue weighted by molar-refractivity contribution is 5.79. The van der Waals surface area contributed by atoms with Crippen molar-refractivity contribution in [1.29, 1.82) is 0 Å². The highest BCUT2D eigenvalue weighted by Crippen LogP contribution is 2.21. The Balaban J connectivity index is 1.66. The second-order valence-electron chi connectivity index (χ2n) is 5.14. The summed E-state index contributed by atoms with van der Waals surface area (Å²) < 4.78 is 0. The topological polar surface area (TPSA) is 32.3 Å². The fourth-order valence-corrected chi connectivity index (χ4v) is 2.77. The second kappa shape index (κ2) is 5.08. The van der Waals surface area contributed by atoms with E-state index in [-0.39, 0.29) is 0 Å². The fourth-order valence-electron chi connectivity index (χ4n) is 2.77. The van der Waals surface area contributed by atoms with Crippen molar-refractivity contribution in [3.63, 3.8) is 0 Å². The maximum atomic E-state index is 11.3. The fraction of sp³-hybridized carbons (Fsp3) is 0.917. The monoisotopic (exact) mass is 210 g/mol. The average molecular weight is 210 g/mol. The molecule has 2 rings (SSSR count). The molecule has 2 atom stereocenters. The first-order valence-corrected chi connectivity index (χ1v) is 6.17. The first kappa shape index (κ1) is 11.1. The third-order valence-electron chi connectivity index (χ3n) is 3.72. The van der Waals surface area contributed by atoms with Gasteiger partial charge in [0.05, 0.1) is 0 Å². The summed E-state index contributed by atoms with van der Waals surface area (Å²) >= 11 is 0. The number of ketones is 1. The van der Waals surface area contributed by atoms with Crippen LogP contribution in [0.25, 0.3) is 0 Å². The number of carbonyl (C=O) groups is 1. The number of Topliss-reactive ketones (excluding diaryl/α,β-unsaturated/α-hetero) is 1. The SMILES string of the molecule is CN1CCC(CC[C@H]2CC(=O)CCN2)C1. The summed E-state index contributed by atoms with van der Waals surface area (Å²) in [6, 6.07) is 0.470. The summed E-state index contributed by atoms with van der Waals surface area (Å²) in [6.07, 6.45) is 5.32. The van der Waals surface area contributed by atoms with E-state index < -0.39 is 0 Å². The summed E-state index contributed by atoms with van der Waals surface area (Å²) in [5.41, 5.74) is 0. The molecule has 2 aliphatic rings. The lowest BCUT2D eigenvalue weighted by molar-refractivity contribution is -0.120. The van der Waals surface area contributed by atoms with Crippen molar-refractivity contribution in [1.82, 2.24) is 10.2 Å². The second-order valence-corrected chi connectivity index (χ2v) is 5.14. The van der Waals surface area contributed by atoms with Gasteiger partial charge in [-0.15, -0.1) is 0 Å². The number of likely N-dealkylation sites (tertiary alicyclic amines) is 1. The van der Waals surface area contributed by atoms with Crippen LogP contribution < -0.4 is 5.32 Å². The van der Waals surface area contributed by atoms with Gasteiger partial charge in [0.15, 0.2) is 0 Å². The van der Waals surface area contributed by atoms with Crippen LogP contribution in [0.15, 0.2) is 0 Å². The Morgan fingerprint density at radius 2 is 2.33 bits per heavy atom. The van der Waals surface area contributed by atoms with Crippen molar-refractivity contribution in [2.75, 3.05) is 26.7 Å². The predicted molar refractivity (Wildman–Crippen MR) is 60.9 cm³/mol. The molecule has 2 fully saturated rings. The van der Waals surface area contributed by atoms with Crippen molar-refractivity contribution in [3.8, 4) is 0 Å². The van der Waals surface area contributed by atoms with Gasteiger partial charge in [-0.1, -0.05) is 0 Å². The molecular weight excluding hydrogens is 188 g/mol. The van der Waals surface area contributed by atoms with Gasteiger partial charge in [0.2, 0.25) is 0 Å². The van der Waals surface area contributed by atoms with E-state index in [0.29, 0.717) is 11.8 Å². The maximum absolute atomic E-state index is 11.3. The molecule has 3 heteroatoms. The summed E-state index contributed by atoms with van der Waals surface area (Å²) in [7, 11) is 2.20. The van der Waals surface area contributed by atoms with Crippen LogP contribution >= 0.6 is 0 Å². The Labute approximate surface area is 92.2 Å². The number of hydrogen-bond donors (Lipinski definition) is 1. The van der Waals surface area contributed by atoms with Gasteiger partial charge in [0, 0.05) is 32.0 Å². The van der Waals surface area contributed by atoms with Crippen molar-refractivity contribution in [3.05, 3.63) is 0 Å². The first-order chi connectivity index (χ1) is 7.24. The Kier molecular flexibility index (Phi) is 3.76. The molecule has 2 aliphatic heterocycles. The quantitative estimate of drug-likeness (QED) is 0.755. The van der Waals surface area contributed by atoms with Gasteiger partial charge >= 0.3 is 0 Å². The molecule has 0 amide bonds. The van der Waals surface area contributed by atoms with E-state index in [1.54, 1.807) is 0 Å². The van der Waals surface area contributed by atoms with Gasteiger partial charge in [-0.2, -0.15) is 0 Å². The third kappa shape index (κ3) is 3.28. The number of hydrogen-bond acceptors (Lipinski definition) is 3. The Bertz CT molecular complexity index is 230. The van der Waals surface area contributed by atoms with Crippen LogP contribution in [-0.2, 0) is 4.79 Å². The van der Waals surface area contributed by atoms with Gasteiger partial charge in [-0.25, -0.2) is 0 Å². The molecule has 15 heavy (non-hydrogen) atoms. The lowest BCUT2D eigenvalue weighted by Crippen LogP contribution is -2.38. The maximum Gasteiger partial charge on any atom is 0.135 e. The number of nitrogens with zero attached hydrogens (tertiary/aromatic N) is 1. The van der Waals surface area contributed by atoms with Gasteiger partial charge in [0.25, 0.3) is 0 Å². The van der Waals surface area contributed by atoms with E-state index in [1.165, 1.54) is 32.4 Å². The van der Waals surface area contributed by atoms with E-state index in [1.807, 2.05) is 0 Å². The van der Waals surface area contributed by atoms with Gasteiger partial charge in [-0.05, 0) is 38.8 Å². The molecule has 0 aromatic heterocycles. The summed E-state index contributed by atoms with van der Waals surface area (Å²) in [4.78, 5) is 13.7. The zero-order chi connectivity index (χ0) is 10.7. The molecule has 0 spiro atoms. The van der Waals surface area contributed by atoms with Crippen LogP contribution in [0.5, 0.6) is 0 Å². The first-order valence-electron chi connectivity index (χ1n) is 6.17. The minimum Gasteiger partial charge on any atom is -0.313 e. The molecule has 0 radical (unpaired) electrons. The van der Waals surface area contributed by atoms with Crippen LogP contribution in [-0.4, -0.2) is 43.4 Å². The van der Waals surface area contributed by atoms with Crippen LogP contribution in [0, 0.1) is 5.92 Å². The highest BCUT2D eigenvalue weighted by Gasteiger charge is 2.23. The minimum absolute atomic E-state index is 0.447. The van der Waals surface area contributed by atoms with Crippen molar-refractivity contribution < 1.29 is 4.79 Å². The molecular formula is C12H22N2O. The normalized spacial score (nSPS) is 33.5. The lowest BCUT2D eigenvalue weighted by Gasteiger charge is -2.23. The predicted octanol–water partition coefficient (Wildman–Crippen LogP) is 1.04. The standard InChI is InChI=1S/C12H22N2O/c1-14-7-5-10(9-14)2-3-11-8-12(15)4-6-13-11/h10-11,13H,2-9H2,1H3/t10?,11-/m0/s1. The van der Waals surface area contributed by atoms with Gasteiger partial charge in [0.1, 0.15) is 5.78 Å². The van der Waals surface area contributed by atoms with Crippen LogP contribution in [0.2, 0.25) is 0 Å². The average Bonchev–Trinajstić information content (AvgIpc) is 2.62. The molecule has 86 valence electrons. The summed E-state index contributed by atoms with van der Waals surface area (Å²) in [5.74, 6) is 1.32.